The van der Waals surface area contributed by atoms with E-state index >= 15 is 0 Å². The summed E-state index contributed by atoms with van der Waals surface area (Å²) in [5.41, 5.74) is 0.561. The van der Waals surface area contributed by atoms with E-state index in [0.29, 0.717) is 5.69 Å². The Morgan fingerprint density at radius 2 is 2.14 bits per heavy atom. The quantitative estimate of drug-likeness (QED) is 0.650. The Bertz CT molecular complexity index is 604. The average Bonchev–Trinajstić information content (AvgIpc) is 2.98. The highest BCUT2D eigenvalue weighted by Gasteiger charge is 2.51. The van der Waals surface area contributed by atoms with Gasteiger partial charge in [-0.25, -0.2) is 4.98 Å². The molecule has 0 amide bonds. The molecule has 0 radical (unpaired) electrons. The van der Waals surface area contributed by atoms with Crippen molar-refractivity contribution in [2.45, 2.75) is 32.2 Å². The summed E-state index contributed by atoms with van der Waals surface area (Å²) in [6.45, 7) is 1.75. The molecule has 4 atom stereocenters. The number of carboxylic acid groups (broad SMARTS) is 1. The van der Waals surface area contributed by atoms with Crippen LogP contribution in [-0.4, -0.2) is 27.0 Å². The molecule has 21 heavy (non-hydrogen) atoms. The third-order valence-electron chi connectivity index (χ3n) is 4.71. The van der Waals surface area contributed by atoms with Crippen molar-refractivity contribution < 1.29 is 14.8 Å². The predicted octanol–water partition coefficient (Wildman–Crippen LogP) is 2.21. The number of nitrogens with zero attached hydrogens (tertiary/aromatic N) is 2. The van der Waals surface area contributed by atoms with Gasteiger partial charge in [-0.05, 0) is 44.1 Å². The first-order valence-corrected chi connectivity index (χ1v) is 7.08. The van der Waals surface area contributed by atoms with E-state index in [9.17, 15) is 20.0 Å². The van der Waals surface area contributed by atoms with Crippen molar-refractivity contribution in [2.24, 2.45) is 17.8 Å². The molecule has 2 N–H and O–H groups in total. The molecule has 2 aliphatic carbocycles. The van der Waals surface area contributed by atoms with Gasteiger partial charge in [-0.1, -0.05) is 0 Å². The third-order valence-corrected chi connectivity index (χ3v) is 4.71. The van der Waals surface area contributed by atoms with Crippen molar-refractivity contribution in [3.8, 4) is 0 Å². The van der Waals surface area contributed by atoms with Crippen molar-refractivity contribution in [3.05, 3.63) is 27.9 Å². The van der Waals surface area contributed by atoms with Gasteiger partial charge in [0.1, 0.15) is 0 Å². The number of nitro groups is 1. The van der Waals surface area contributed by atoms with E-state index < -0.39 is 16.8 Å². The van der Waals surface area contributed by atoms with Gasteiger partial charge in [0.05, 0.1) is 10.8 Å². The van der Waals surface area contributed by atoms with Gasteiger partial charge >= 0.3 is 11.7 Å². The van der Waals surface area contributed by atoms with Crippen LogP contribution in [0.25, 0.3) is 0 Å². The van der Waals surface area contributed by atoms with E-state index in [0.717, 1.165) is 19.3 Å². The number of hydrogen-bond acceptors (Lipinski definition) is 5. The van der Waals surface area contributed by atoms with Crippen molar-refractivity contribution >= 4 is 17.5 Å². The van der Waals surface area contributed by atoms with Crippen LogP contribution in [0.1, 0.15) is 25.0 Å². The minimum atomic E-state index is -0.824. The Labute approximate surface area is 121 Å². The largest absolute Gasteiger partial charge is 0.481 e. The zero-order valence-electron chi connectivity index (χ0n) is 11.7. The molecule has 2 aliphatic rings. The standard InChI is InChI=1S/C14H17N3O4/c1-7-2-5-10(17(20)21)13(15-7)16-12-9-4-3-8(6-9)11(12)14(18)19/h2,5,8-9,11-12H,3-4,6H2,1H3,(H,15,16)(H,18,19). The second-order valence-corrected chi connectivity index (χ2v) is 5.94. The van der Waals surface area contributed by atoms with Gasteiger partial charge in [0.25, 0.3) is 0 Å². The van der Waals surface area contributed by atoms with Gasteiger partial charge in [-0.2, -0.15) is 0 Å². The molecule has 112 valence electrons. The van der Waals surface area contributed by atoms with Gasteiger partial charge in [0.2, 0.25) is 5.82 Å². The summed E-state index contributed by atoms with van der Waals surface area (Å²) in [6, 6.07) is 2.72. The highest BCUT2D eigenvalue weighted by atomic mass is 16.6. The molecular weight excluding hydrogens is 274 g/mol. The van der Waals surface area contributed by atoms with E-state index in [2.05, 4.69) is 10.3 Å². The summed E-state index contributed by atoms with van der Waals surface area (Å²) < 4.78 is 0. The lowest BCUT2D eigenvalue weighted by Crippen LogP contribution is -2.39. The Morgan fingerprint density at radius 1 is 1.43 bits per heavy atom. The van der Waals surface area contributed by atoms with Gasteiger partial charge in [0.15, 0.2) is 0 Å². The molecule has 1 aromatic rings. The summed E-state index contributed by atoms with van der Waals surface area (Å²) in [6.07, 6.45) is 2.79. The zero-order chi connectivity index (χ0) is 15.1. The SMILES string of the molecule is Cc1ccc([N+](=O)[O-])c(NC2C3CCC(C3)C2C(=O)O)n1. The number of aliphatic carboxylic acids is 1. The fourth-order valence-electron chi connectivity index (χ4n) is 3.82. The topological polar surface area (TPSA) is 105 Å². The van der Waals surface area contributed by atoms with Crippen LogP contribution in [-0.2, 0) is 4.79 Å². The van der Waals surface area contributed by atoms with Crippen LogP contribution in [0, 0.1) is 34.8 Å². The minimum Gasteiger partial charge on any atom is -0.481 e. The molecule has 2 fully saturated rings. The molecule has 0 saturated heterocycles. The number of fused-ring (bicyclic) bond motifs is 2. The van der Waals surface area contributed by atoms with Crippen LogP contribution in [0.15, 0.2) is 12.1 Å². The predicted molar refractivity (Wildman–Crippen MR) is 75.0 cm³/mol. The second-order valence-electron chi connectivity index (χ2n) is 5.94. The van der Waals surface area contributed by atoms with E-state index in [-0.39, 0.29) is 29.4 Å². The van der Waals surface area contributed by atoms with E-state index in [1.807, 2.05) is 0 Å². The summed E-state index contributed by atoms with van der Waals surface area (Å²) in [5, 5.41) is 23.6. The first-order chi connectivity index (χ1) is 9.97. The minimum absolute atomic E-state index is 0.104. The van der Waals surface area contributed by atoms with Crippen LogP contribution in [0.5, 0.6) is 0 Å². The lowest BCUT2D eigenvalue weighted by Gasteiger charge is -2.29. The normalized spacial score (nSPS) is 30.3. The number of carboxylic acids is 1. The second kappa shape index (κ2) is 4.98. The summed E-state index contributed by atoms with van der Waals surface area (Å²) in [5.74, 6) is -0.684. The monoisotopic (exact) mass is 291 g/mol. The number of aryl methyl sites for hydroxylation is 1. The number of pyridine rings is 1. The van der Waals surface area contributed by atoms with Crippen LogP contribution < -0.4 is 5.32 Å². The molecule has 0 aliphatic heterocycles. The molecule has 0 spiro atoms. The maximum absolute atomic E-state index is 11.5. The van der Waals surface area contributed by atoms with Crippen LogP contribution >= 0.6 is 0 Å². The fourth-order valence-corrected chi connectivity index (χ4v) is 3.82. The molecule has 2 bridgehead atoms. The summed E-state index contributed by atoms with van der Waals surface area (Å²) in [4.78, 5) is 26.3. The number of carbonyl (C=O) groups is 1. The number of aromatic nitrogens is 1. The number of anilines is 1. The smallest absolute Gasteiger partial charge is 0.311 e. The maximum Gasteiger partial charge on any atom is 0.311 e. The first kappa shape index (κ1) is 13.8. The lowest BCUT2D eigenvalue weighted by molar-refractivity contribution is -0.384. The highest BCUT2D eigenvalue weighted by molar-refractivity contribution is 5.73. The molecule has 4 unspecified atom stereocenters. The Kier molecular flexibility index (Phi) is 3.27. The van der Waals surface area contributed by atoms with Crippen LogP contribution in [0.2, 0.25) is 0 Å². The Balaban J connectivity index is 1.91. The fraction of sp³-hybridized carbons (Fsp3) is 0.571. The first-order valence-electron chi connectivity index (χ1n) is 7.08. The number of nitrogens with one attached hydrogen (secondary N) is 1. The van der Waals surface area contributed by atoms with Crippen LogP contribution in [0.4, 0.5) is 11.5 Å². The highest BCUT2D eigenvalue weighted by Crippen LogP contribution is 2.49. The van der Waals surface area contributed by atoms with E-state index in [1.54, 1.807) is 13.0 Å². The number of hydrogen-bond donors (Lipinski definition) is 2. The van der Waals surface area contributed by atoms with Crippen molar-refractivity contribution in [2.75, 3.05) is 5.32 Å². The Morgan fingerprint density at radius 3 is 2.81 bits per heavy atom. The van der Waals surface area contributed by atoms with Gasteiger partial charge < -0.3 is 10.4 Å². The molecule has 1 aromatic heterocycles. The van der Waals surface area contributed by atoms with E-state index in [1.165, 1.54) is 6.07 Å². The molecule has 3 rings (SSSR count). The molecule has 7 nitrogen and oxygen atoms in total. The molecule has 1 heterocycles. The van der Waals surface area contributed by atoms with Gasteiger partial charge in [-0.3, -0.25) is 14.9 Å². The van der Waals surface area contributed by atoms with Crippen molar-refractivity contribution in [1.29, 1.82) is 0 Å². The summed E-state index contributed by atoms with van der Waals surface area (Å²) >= 11 is 0. The van der Waals surface area contributed by atoms with Crippen LogP contribution in [0.3, 0.4) is 0 Å². The van der Waals surface area contributed by atoms with Gasteiger partial charge in [0, 0.05) is 17.8 Å². The van der Waals surface area contributed by atoms with Crippen molar-refractivity contribution in [1.82, 2.24) is 4.98 Å². The average molecular weight is 291 g/mol. The maximum atomic E-state index is 11.5. The molecule has 2 saturated carbocycles. The van der Waals surface area contributed by atoms with E-state index in [4.69, 9.17) is 0 Å². The Hall–Kier alpha value is -2.18. The third kappa shape index (κ3) is 2.32. The lowest BCUT2D eigenvalue weighted by atomic mass is 9.84. The zero-order valence-corrected chi connectivity index (χ0v) is 11.7. The molecular formula is C14H17N3O4. The molecule has 7 heteroatoms. The molecule has 0 aromatic carbocycles. The summed E-state index contributed by atoms with van der Waals surface area (Å²) in [7, 11) is 0. The van der Waals surface area contributed by atoms with Gasteiger partial charge in [-0.15, -0.1) is 0 Å². The van der Waals surface area contributed by atoms with Crippen molar-refractivity contribution in [3.63, 3.8) is 0 Å². The number of rotatable bonds is 4.